The number of aromatic nitrogens is 2. The number of nitrogens with zero attached hydrogens (tertiary/aromatic N) is 3. The first-order valence-electron chi connectivity index (χ1n) is 7.28. The van der Waals surface area contributed by atoms with Gasteiger partial charge >= 0.3 is 6.18 Å². The van der Waals surface area contributed by atoms with E-state index in [0.717, 1.165) is 5.75 Å². The second-order valence-electron chi connectivity index (χ2n) is 5.63. The molecular formula is C16H16F3N3O. The van der Waals surface area contributed by atoms with Gasteiger partial charge in [0.25, 0.3) is 0 Å². The lowest BCUT2D eigenvalue weighted by atomic mass is 10.0. The van der Waals surface area contributed by atoms with Gasteiger partial charge in [-0.05, 0) is 30.7 Å². The average molecular weight is 323 g/mol. The highest BCUT2D eigenvalue weighted by atomic mass is 19.4. The van der Waals surface area contributed by atoms with Crippen molar-refractivity contribution in [2.75, 3.05) is 24.6 Å². The van der Waals surface area contributed by atoms with Crippen LogP contribution in [0.5, 0.6) is 5.75 Å². The molecule has 7 heteroatoms. The molecule has 1 aromatic heterocycles. The van der Waals surface area contributed by atoms with Crippen LogP contribution < -0.4 is 9.64 Å². The van der Waals surface area contributed by atoms with Crippen LogP contribution in [-0.2, 0) is 6.18 Å². The van der Waals surface area contributed by atoms with Crippen molar-refractivity contribution in [3.8, 4) is 5.75 Å². The first kappa shape index (κ1) is 15.6. The molecule has 122 valence electrons. The Morgan fingerprint density at radius 3 is 2.48 bits per heavy atom. The Morgan fingerprint density at radius 1 is 1.17 bits per heavy atom. The molecule has 0 unspecified atom stereocenters. The topological polar surface area (TPSA) is 38.2 Å². The van der Waals surface area contributed by atoms with E-state index < -0.39 is 11.9 Å². The van der Waals surface area contributed by atoms with Crippen LogP contribution in [0.1, 0.15) is 11.3 Å². The van der Waals surface area contributed by atoms with Crippen LogP contribution in [0.2, 0.25) is 0 Å². The predicted octanol–water partition coefficient (Wildman–Crippen LogP) is 3.32. The second-order valence-corrected chi connectivity index (χ2v) is 5.63. The van der Waals surface area contributed by atoms with E-state index in [4.69, 9.17) is 4.74 Å². The van der Waals surface area contributed by atoms with Gasteiger partial charge in [0.05, 0.1) is 6.61 Å². The first-order valence-corrected chi connectivity index (χ1v) is 7.28. The van der Waals surface area contributed by atoms with E-state index in [1.54, 1.807) is 0 Å². The van der Waals surface area contributed by atoms with E-state index in [2.05, 4.69) is 10.2 Å². The molecule has 0 N–H and O–H groups in total. The molecule has 0 amide bonds. The van der Waals surface area contributed by atoms with Crippen LogP contribution >= 0.6 is 0 Å². The van der Waals surface area contributed by atoms with Gasteiger partial charge in [-0.2, -0.15) is 13.2 Å². The van der Waals surface area contributed by atoms with E-state index >= 15 is 0 Å². The van der Waals surface area contributed by atoms with Gasteiger partial charge in [-0.15, -0.1) is 10.2 Å². The minimum Gasteiger partial charge on any atom is -0.493 e. The largest absolute Gasteiger partial charge is 0.493 e. The molecule has 1 fully saturated rings. The van der Waals surface area contributed by atoms with E-state index in [-0.39, 0.29) is 5.56 Å². The molecule has 0 aliphatic carbocycles. The normalized spacial score (nSPS) is 15.4. The molecule has 23 heavy (non-hydrogen) atoms. The number of hydrogen-bond acceptors (Lipinski definition) is 4. The smallest absolute Gasteiger partial charge is 0.435 e. The van der Waals surface area contributed by atoms with Gasteiger partial charge in [-0.1, -0.05) is 18.2 Å². The molecular weight excluding hydrogens is 307 g/mol. The van der Waals surface area contributed by atoms with Crippen molar-refractivity contribution in [2.24, 2.45) is 5.92 Å². The number of rotatable bonds is 4. The maximum atomic E-state index is 12.7. The number of para-hydroxylation sites is 1. The Balaban J connectivity index is 1.54. The number of halogens is 3. The SMILES string of the molecule is Cc1cc(N2CC(COc3ccccc3)C2)nnc1C(F)(F)F. The molecule has 3 rings (SSSR count). The molecule has 1 aromatic carbocycles. The van der Waals surface area contributed by atoms with Crippen molar-refractivity contribution in [1.82, 2.24) is 10.2 Å². The standard InChI is InChI=1S/C16H16F3N3O/c1-11-7-14(20-21-15(11)16(17,18)19)22-8-12(9-22)10-23-13-5-3-2-4-6-13/h2-7,12H,8-10H2,1H3. The maximum Gasteiger partial charge on any atom is 0.435 e. The van der Waals surface area contributed by atoms with Crippen molar-refractivity contribution in [1.29, 1.82) is 0 Å². The zero-order chi connectivity index (χ0) is 16.4. The Morgan fingerprint density at radius 2 is 1.87 bits per heavy atom. The summed E-state index contributed by atoms with van der Waals surface area (Å²) in [5.41, 5.74) is -0.836. The Hall–Kier alpha value is -2.31. The molecule has 0 atom stereocenters. The quantitative estimate of drug-likeness (QED) is 0.865. The molecule has 1 aliphatic rings. The van der Waals surface area contributed by atoms with Crippen molar-refractivity contribution in [3.05, 3.63) is 47.7 Å². The molecule has 2 aromatic rings. The fourth-order valence-corrected chi connectivity index (χ4v) is 2.50. The Kier molecular flexibility index (Phi) is 4.11. The third kappa shape index (κ3) is 3.55. The lowest BCUT2D eigenvalue weighted by Gasteiger charge is -2.39. The minimum absolute atomic E-state index is 0.0893. The summed E-state index contributed by atoms with van der Waals surface area (Å²) in [5.74, 6) is 1.63. The van der Waals surface area contributed by atoms with Crippen molar-refractivity contribution in [3.63, 3.8) is 0 Å². The van der Waals surface area contributed by atoms with Crippen LogP contribution in [0.4, 0.5) is 19.0 Å². The van der Waals surface area contributed by atoms with Crippen molar-refractivity contribution < 1.29 is 17.9 Å². The average Bonchev–Trinajstić information content (AvgIpc) is 2.45. The summed E-state index contributed by atoms with van der Waals surface area (Å²) in [6.45, 7) is 3.38. The number of hydrogen-bond donors (Lipinski definition) is 0. The summed E-state index contributed by atoms with van der Waals surface area (Å²) in [7, 11) is 0. The summed E-state index contributed by atoms with van der Waals surface area (Å²) >= 11 is 0. The summed E-state index contributed by atoms with van der Waals surface area (Å²) in [5, 5.41) is 7.02. The molecule has 0 radical (unpaired) electrons. The molecule has 2 heterocycles. The highest BCUT2D eigenvalue weighted by molar-refractivity contribution is 5.44. The lowest BCUT2D eigenvalue weighted by Crippen LogP contribution is -2.49. The van der Waals surface area contributed by atoms with Crippen LogP contribution in [0.25, 0.3) is 0 Å². The van der Waals surface area contributed by atoms with Crippen LogP contribution in [0.3, 0.4) is 0 Å². The number of benzene rings is 1. The third-order valence-electron chi connectivity index (χ3n) is 3.75. The number of ether oxygens (including phenoxy) is 1. The predicted molar refractivity (Wildman–Crippen MR) is 79.4 cm³/mol. The van der Waals surface area contributed by atoms with Crippen LogP contribution in [-0.4, -0.2) is 29.9 Å². The zero-order valence-electron chi connectivity index (χ0n) is 12.5. The third-order valence-corrected chi connectivity index (χ3v) is 3.75. The monoisotopic (exact) mass is 323 g/mol. The van der Waals surface area contributed by atoms with Gasteiger partial charge in [0.1, 0.15) is 5.75 Å². The lowest BCUT2D eigenvalue weighted by molar-refractivity contribution is -0.142. The Bertz CT molecular complexity index is 670. The van der Waals surface area contributed by atoms with Crippen molar-refractivity contribution >= 4 is 5.82 Å². The minimum atomic E-state index is -4.46. The zero-order valence-corrected chi connectivity index (χ0v) is 12.5. The summed E-state index contributed by atoms with van der Waals surface area (Å²) in [4.78, 5) is 1.90. The van der Waals surface area contributed by atoms with E-state index in [1.165, 1.54) is 13.0 Å². The molecule has 0 bridgehead atoms. The Labute approximate surface area is 131 Å². The first-order chi connectivity index (χ1) is 10.9. The molecule has 0 spiro atoms. The van der Waals surface area contributed by atoms with Crippen LogP contribution in [0.15, 0.2) is 36.4 Å². The van der Waals surface area contributed by atoms with Gasteiger partial charge in [0.2, 0.25) is 0 Å². The fraction of sp³-hybridized carbons (Fsp3) is 0.375. The van der Waals surface area contributed by atoms with E-state index in [9.17, 15) is 13.2 Å². The van der Waals surface area contributed by atoms with Gasteiger partial charge in [0, 0.05) is 19.0 Å². The van der Waals surface area contributed by atoms with Crippen molar-refractivity contribution in [2.45, 2.75) is 13.1 Å². The van der Waals surface area contributed by atoms with Gasteiger partial charge in [-0.25, -0.2) is 0 Å². The molecule has 4 nitrogen and oxygen atoms in total. The van der Waals surface area contributed by atoms with E-state index in [1.807, 2.05) is 35.2 Å². The maximum absolute atomic E-state index is 12.7. The van der Waals surface area contributed by atoms with Crippen LogP contribution in [0, 0.1) is 12.8 Å². The summed E-state index contributed by atoms with van der Waals surface area (Å²) in [6, 6.07) is 10.9. The number of aryl methyl sites for hydroxylation is 1. The molecule has 0 saturated carbocycles. The number of anilines is 1. The van der Waals surface area contributed by atoms with E-state index in [0.29, 0.717) is 31.4 Å². The molecule has 1 aliphatic heterocycles. The van der Waals surface area contributed by atoms with Gasteiger partial charge in [0.15, 0.2) is 11.5 Å². The highest BCUT2D eigenvalue weighted by Gasteiger charge is 2.36. The fourth-order valence-electron chi connectivity index (χ4n) is 2.50. The molecule has 1 saturated heterocycles. The highest BCUT2D eigenvalue weighted by Crippen LogP contribution is 2.31. The van der Waals surface area contributed by atoms with Gasteiger partial charge < -0.3 is 9.64 Å². The number of alkyl halides is 3. The van der Waals surface area contributed by atoms with Gasteiger partial charge in [-0.3, -0.25) is 0 Å². The summed E-state index contributed by atoms with van der Waals surface area (Å²) < 4.78 is 43.7. The second kappa shape index (κ2) is 6.06. The summed E-state index contributed by atoms with van der Waals surface area (Å²) in [6.07, 6.45) is -4.46.